The van der Waals surface area contributed by atoms with Gasteiger partial charge in [-0.25, -0.2) is 4.39 Å². The molecule has 28 heavy (non-hydrogen) atoms. The van der Waals surface area contributed by atoms with Crippen molar-refractivity contribution in [2.75, 3.05) is 0 Å². The van der Waals surface area contributed by atoms with Gasteiger partial charge in [0.25, 0.3) is 0 Å². The van der Waals surface area contributed by atoms with E-state index in [0.29, 0.717) is 30.0 Å². The fraction of sp³-hybridized carbons (Fsp3) is 0.636. The summed E-state index contributed by atoms with van der Waals surface area (Å²) in [7, 11) is 2.10. The summed E-state index contributed by atoms with van der Waals surface area (Å²) in [5.41, 5.74) is 8.01. The van der Waals surface area contributed by atoms with Gasteiger partial charge in [-0.15, -0.1) is 10.2 Å². The minimum Gasteiger partial charge on any atom is -0.328 e. The SMILES string of the molecule is Cc1cc(C2C[C@H]3CC[C@@H](C2)N3Cc2nnc(C3CC(N)C3)n2C)ccc1F. The highest BCUT2D eigenvalue weighted by molar-refractivity contribution is 5.28. The van der Waals surface area contributed by atoms with E-state index in [0.717, 1.165) is 49.4 Å². The van der Waals surface area contributed by atoms with Crippen LogP contribution in [0.2, 0.25) is 0 Å². The van der Waals surface area contributed by atoms with Crippen LogP contribution in [0.3, 0.4) is 0 Å². The lowest BCUT2D eigenvalue weighted by molar-refractivity contribution is 0.114. The van der Waals surface area contributed by atoms with Crippen molar-refractivity contribution in [1.82, 2.24) is 19.7 Å². The van der Waals surface area contributed by atoms with Crippen molar-refractivity contribution < 1.29 is 4.39 Å². The second-order valence-electron chi connectivity index (χ2n) is 9.20. The van der Waals surface area contributed by atoms with Gasteiger partial charge in [-0.3, -0.25) is 4.90 Å². The average Bonchev–Trinajstić information content (AvgIpc) is 3.10. The summed E-state index contributed by atoms with van der Waals surface area (Å²) in [4.78, 5) is 2.65. The molecule has 3 atom stereocenters. The van der Waals surface area contributed by atoms with Gasteiger partial charge < -0.3 is 10.3 Å². The predicted molar refractivity (Wildman–Crippen MR) is 106 cm³/mol. The third-order valence-corrected chi connectivity index (χ3v) is 7.40. The van der Waals surface area contributed by atoms with Crippen LogP contribution in [0.4, 0.5) is 4.39 Å². The first-order valence-electron chi connectivity index (χ1n) is 10.6. The first-order valence-corrected chi connectivity index (χ1v) is 10.6. The van der Waals surface area contributed by atoms with Crippen LogP contribution in [0.15, 0.2) is 18.2 Å². The minimum absolute atomic E-state index is 0.102. The minimum atomic E-state index is -0.102. The largest absolute Gasteiger partial charge is 0.328 e. The zero-order valence-corrected chi connectivity index (χ0v) is 16.8. The van der Waals surface area contributed by atoms with Crippen molar-refractivity contribution in [3.8, 4) is 0 Å². The number of rotatable bonds is 4. The average molecular weight is 384 g/mol. The summed E-state index contributed by atoms with van der Waals surface area (Å²) in [5.74, 6) is 3.09. The molecule has 150 valence electrons. The van der Waals surface area contributed by atoms with E-state index in [1.165, 1.54) is 18.4 Å². The number of nitrogens with two attached hydrogens (primary N) is 1. The van der Waals surface area contributed by atoms with E-state index in [-0.39, 0.29) is 5.82 Å². The molecule has 0 spiro atoms. The molecule has 1 aromatic carbocycles. The molecule has 2 aliphatic heterocycles. The van der Waals surface area contributed by atoms with Crippen LogP contribution in [-0.2, 0) is 13.6 Å². The van der Waals surface area contributed by atoms with Crippen molar-refractivity contribution in [1.29, 1.82) is 0 Å². The van der Waals surface area contributed by atoms with Gasteiger partial charge in [-0.2, -0.15) is 0 Å². The molecule has 1 aromatic heterocycles. The van der Waals surface area contributed by atoms with Crippen molar-refractivity contribution in [3.63, 3.8) is 0 Å². The second kappa shape index (κ2) is 6.92. The van der Waals surface area contributed by atoms with Crippen LogP contribution in [0, 0.1) is 12.7 Å². The number of hydrogen-bond acceptors (Lipinski definition) is 4. The Morgan fingerprint density at radius 3 is 2.43 bits per heavy atom. The summed E-state index contributed by atoms with van der Waals surface area (Å²) in [6.45, 7) is 2.75. The van der Waals surface area contributed by atoms with E-state index in [1.54, 1.807) is 6.07 Å². The highest BCUT2D eigenvalue weighted by Gasteiger charge is 2.42. The fourth-order valence-corrected chi connectivity index (χ4v) is 5.63. The third kappa shape index (κ3) is 3.07. The number of fused-ring (bicyclic) bond motifs is 2. The number of nitrogens with zero attached hydrogens (tertiary/aromatic N) is 4. The molecule has 1 aliphatic carbocycles. The molecule has 3 fully saturated rings. The van der Waals surface area contributed by atoms with Gasteiger partial charge >= 0.3 is 0 Å². The van der Waals surface area contributed by atoms with E-state index < -0.39 is 0 Å². The van der Waals surface area contributed by atoms with Crippen molar-refractivity contribution in [3.05, 3.63) is 46.8 Å². The van der Waals surface area contributed by atoms with Crippen molar-refractivity contribution in [2.45, 2.75) is 82.0 Å². The first-order chi connectivity index (χ1) is 13.5. The lowest BCUT2D eigenvalue weighted by atomic mass is 9.80. The fourth-order valence-electron chi connectivity index (χ4n) is 5.63. The van der Waals surface area contributed by atoms with E-state index in [9.17, 15) is 4.39 Å². The Bertz CT molecular complexity index is 858. The smallest absolute Gasteiger partial charge is 0.146 e. The molecular weight excluding hydrogens is 353 g/mol. The zero-order valence-electron chi connectivity index (χ0n) is 16.8. The van der Waals surface area contributed by atoms with Gasteiger partial charge in [-0.05, 0) is 68.6 Å². The number of halogens is 1. The molecule has 3 aliphatic rings. The molecule has 0 radical (unpaired) electrons. The molecule has 2 aromatic rings. The Morgan fingerprint density at radius 1 is 1.07 bits per heavy atom. The van der Waals surface area contributed by atoms with Crippen LogP contribution in [-0.4, -0.2) is 37.8 Å². The topological polar surface area (TPSA) is 60.0 Å². The van der Waals surface area contributed by atoms with Crippen LogP contribution in [0.1, 0.15) is 73.1 Å². The van der Waals surface area contributed by atoms with Crippen LogP contribution < -0.4 is 5.73 Å². The van der Waals surface area contributed by atoms with E-state index >= 15 is 0 Å². The van der Waals surface area contributed by atoms with E-state index in [2.05, 4.69) is 26.7 Å². The molecule has 5 nitrogen and oxygen atoms in total. The van der Waals surface area contributed by atoms with Gasteiger partial charge in [0.2, 0.25) is 0 Å². The quantitative estimate of drug-likeness (QED) is 0.879. The Labute approximate surface area is 166 Å². The Kier molecular flexibility index (Phi) is 4.51. The zero-order chi connectivity index (χ0) is 19.4. The highest BCUT2D eigenvalue weighted by Crippen LogP contribution is 2.44. The van der Waals surface area contributed by atoms with Crippen LogP contribution in [0.5, 0.6) is 0 Å². The Morgan fingerprint density at radius 2 is 1.79 bits per heavy atom. The maximum absolute atomic E-state index is 13.7. The molecule has 2 saturated heterocycles. The molecular formula is C22H30FN5. The molecule has 5 rings (SSSR count). The number of benzene rings is 1. The second-order valence-corrected chi connectivity index (χ2v) is 9.20. The molecule has 0 amide bonds. The van der Waals surface area contributed by atoms with Gasteiger partial charge in [0.05, 0.1) is 6.54 Å². The lowest BCUT2D eigenvalue weighted by Crippen LogP contribution is -2.42. The van der Waals surface area contributed by atoms with E-state index in [1.807, 2.05) is 19.1 Å². The molecule has 2 bridgehead atoms. The monoisotopic (exact) mass is 383 g/mol. The molecule has 1 saturated carbocycles. The number of aromatic nitrogens is 3. The summed E-state index contributed by atoms with van der Waals surface area (Å²) in [6.07, 6.45) is 6.87. The predicted octanol–water partition coefficient (Wildman–Crippen LogP) is 3.38. The third-order valence-electron chi connectivity index (χ3n) is 7.40. The number of hydrogen-bond donors (Lipinski definition) is 1. The summed E-state index contributed by atoms with van der Waals surface area (Å²) in [6, 6.07) is 7.17. The maximum atomic E-state index is 13.7. The first kappa shape index (κ1) is 18.3. The Hall–Kier alpha value is -1.79. The normalized spacial score (nSPS) is 32.5. The summed E-state index contributed by atoms with van der Waals surface area (Å²) in [5, 5.41) is 9.01. The summed E-state index contributed by atoms with van der Waals surface area (Å²) >= 11 is 0. The van der Waals surface area contributed by atoms with Gasteiger partial charge in [-0.1, -0.05) is 12.1 Å². The van der Waals surface area contributed by atoms with Crippen LogP contribution >= 0.6 is 0 Å². The number of piperidine rings is 1. The van der Waals surface area contributed by atoms with Crippen molar-refractivity contribution in [2.24, 2.45) is 12.8 Å². The van der Waals surface area contributed by atoms with E-state index in [4.69, 9.17) is 5.73 Å². The van der Waals surface area contributed by atoms with Crippen LogP contribution in [0.25, 0.3) is 0 Å². The van der Waals surface area contributed by atoms with Gasteiger partial charge in [0, 0.05) is 31.1 Å². The lowest BCUT2D eigenvalue weighted by Gasteiger charge is -2.39. The van der Waals surface area contributed by atoms with Gasteiger partial charge in [0.15, 0.2) is 0 Å². The number of aryl methyl sites for hydroxylation is 1. The maximum Gasteiger partial charge on any atom is 0.146 e. The Balaban J connectivity index is 1.29. The molecule has 2 N–H and O–H groups in total. The molecule has 6 heteroatoms. The van der Waals surface area contributed by atoms with Gasteiger partial charge in [0.1, 0.15) is 17.5 Å². The molecule has 1 unspecified atom stereocenters. The highest BCUT2D eigenvalue weighted by atomic mass is 19.1. The van der Waals surface area contributed by atoms with Crippen molar-refractivity contribution >= 4 is 0 Å². The summed E-state index contributed by atoms with van der Waals surface area (Å²) < 4.78 is 15.9. The standard InChI is InChI=1S/C22H30FN5/c1-13-7-14(3-6-20(13)23)15-10-18-4-5-19(11-15)28(18)12-21-25-26-22(27(21)2)16-8-17(24)9-16/h3,6-7,15-19H,4-5,8-12,24H2,1-2H3/t15?,16?,17?,18-,19+. The molecule has 3 heterocycles.